The van der Waals surface area contributed by atoms with E-state index in [4.69, 9.17) is 4.74 Å². The molecule has 174 valence electrons. The minimum atomic E-state index is -4.00. The molecule has 3 aromatic carbocycles. The second-order valence-corrected chi connectivity index (χ2v) is 9.95. The number of ether oxygens (including phenoxy) is 1. The summed E-state index contributed by atoms with van der Waals surface area (Å²) in [5, 5.41) is 2.89. The number of nitrogens with one attached hydrogen (secondary N) is 1. The molecule has 0 saturated carbocycles. The minimum absolute atomic E-state index is 0.0536. The topological polar surface area (TPSA) is 75.7 Å². The van der Waals surface area contributed by atoms with E-state index in [9.17, 15) is 13.2 Å². The number of aryl methyl sites for hydroxylation is 3. The summed E-state index contributed by atoms with van der Waals surface area (Å²) in [5.74, 6) is -0.142. The van der Waals surface area contributed by atoms with Crippen molar-refractivity contribution in [1.29, 1.82) is 0 Å². The maximum Gasteiger partial charge on any atom is 0.247 e. The van der Waals surface area contributed by atoms with Crippen LogP contribution in [0.5, 0.6) is 5.75 Å². The SMILES string of the molecule is COc1ccc(C)cc1S(=O)(=O)N(CCc1ccccc1)CC(=O)Nc1c(C)cccc1C. The molecule has 0 bridgehead atoms. The van der Waals surface area contributed by atoms with Gasteiger partial charge in [-0.2, -0.15) is 4.31 Å². The van der Waals surface area contributed by atoms with Crippen molar-refractivity contribution >= 4 is 21.6 Å². The number of nitrogens with zero attached hydrogens (tertiary/aromatic N) is 1. The molecular formula is C26H30N2O4S. The molecule has 0 heterocycles. The Morgan fingerprint density at radius 1 is 0.939 bits per heavy atom. The van der Waals surface area contributed by atoms with Crippen LogP contribution in [0.1, 0.15) is 22.3 Å². The van der Waals surface area contributed by atoms with Gasteiger partial charge in [-0.15, -0.1) is 0 Å². The van der Waals surface area contributed by atoms with Crippen LogP contribution in [0.15, 0.2) is 71.6 Å². The Bertz CT molecular complexity index is 1200. The molecule has 7 heteroatoms. The lowest BCUT2D eigenvalue weighted by atomic mass is 10.1. The van der Waals surface area contributed by atoms with Gasteiger partial charge in [-0.05, 0) is 61.6 Å². The van der Waals surface area contributed by atoms with Gasteiger partial charge in [-0.3, -0.25) is 4.79 Å². The standard InChI is InChI=1S/C26H30N2O4S/c1-19-13-14-23(32-4)24(17-19)33(30,31)28(16-15-22-11-6-5-7-12-22)18-25(29)27-26-20(2)9-8-10-21(26)3/h5-14,17H,15-16,18H2,1-4H3,(H,27,29). The van der Waals surface area contributed by atoms with Crippen LogP contribution in [0.25, 0.3) is 0 Å². The van der Waals surface area contributed by atoms with Crippen molar-refractivity contribution in [2.75, 3.05) is 25.5 Å². The van der Waals surface area contributed by atoms with Gasteiger partial charge in [-0.1, -0.05) is 54.6 Å². The van der Waals surface area contributed by atoms with Gasteiger partial charge in [0.15, 0.2) is 0 Å². The van der Waals surface area contributed by atoms with Gasteiger partial charge in [-0.25, -0.2) is 8.42 Å². The molecular weight excluding hydrogens is 436 g/mol. The average Bonchev–Trinajstić information content (AvgIpc) is 2.79. The maximum atomic E-state index is 13.7. The zero-order valence-corrected chi connectivity index (χ0v) is 20.3. The summed E-state index contributed by atoms with van der Waals surface area (Å²) in [6.45, 7) is 5.48. The van der Waals surface area contributed by atoms with E-state index in [0.717, 1.165) is 22.3 Å². The van der Waals surface area contributed by atoms with Crippen LogP contribution in [0, 0.1) is 20.8 Å². The van der Waals surface area contributed by atoms with E-state index in [0.29, 0.717) is 12.1 Å². The zero-order valence-electron chi connectivity index (χ0n) is 19.5. The maximum absolute atomic E-state index is 13.7. The Hall–Kier alpha value is -3.16. The van der Waals surface area contributed by atoms with E-state index in [1.807, 2.05) is 69.3 Å². The first-order chi connectivity index (χ1) is 15.7. The molecule has 3 rings (SSSR count). The third-order valence-electron chi connectivity index (χ3n) is 5.50. The molecule has 0 aromatic heterocycles. The van der Waals surface area contributed by atoms with E-state index in [1.165, 1.54) is 11.4 Å². The third-order valence-corrected chi connectivity index (χ3v) is 7.36. The van der Waals surface area contributed by atoms with E-state index in [-0.39, 0.29) is 23.7 Å². The molecule has 0 atom stereocenters. The van der Waals surface area contributed by atoms with Crippen molar-refractivity contribution in [3.05, 3.63) is 89.0 Å². The Morgan fingerprint density at radius 3 is 2.24 bits per heavy atom. The number of carbonyl (C=O) groups excluding carboxylic acids is 1. The number of amides is 1. The fraction of sp³-hybridized carbons (Fsp3) is 0.269. The monoisotopic (exact) mass is 466 g/mol. The van der Waals surface area contributed by atoms with Gasteiger partial charge < -0.3 is 10.1 Å². The van der Waals surface area contributed by atoms with Gasteiger partial charge in [0.2, 0.25) is 15.9 Å². The Balaban J connectivity index is 1.92. The van der Waals surface area contributed by atoms with Crippen LogP contribution in [-0.4, -0.2) is 38.8 Å². The lowest BCUT2D eigenvalue weighted by Gasteiger charge is -2.23. The molecule has 0 aliphatic heterocycles. The molecule has 0 radical (unpaired) electrons. The quantitative estimate of drug-likeness (QED) is 0.504. The summed E-state index contributed by atoms with van der Waals surface area (Å²) >= 11 is 0. The molecule has 0 spiro atoms. The summed E-state index contributed by atoms with van der Waals surface area (Å²) < 4.78 is 33.9. The van der Waals surface area contributed by atoms with Crippen molar-refractivity contribution in [2.45, 2.75) is 32.1 Å². The number of hydrogen-bond acceptors (Lipinski definition) is 4. The van der Waals surface area contributed by atoms with Crippen LogP contribution >= 0.6 is 0 Å². The summed E-state index contributed by atoms with van der Waals surface area (Å²) in [6.07, 6.45) is 0.477. The minimum Gasteiger partial charge on any atom is -0.495 e. The van der Waals surface area contributed by atoms with Crippen molar-refractivity contribution in [3.8, 4) is 5.75 Å². The number of para-hydroxylation sites is 1. The number of benzene rings is 3. The van der Waals surface area contributed by atoms with Crippen LogP contribution < -0.4 is 10.1 Å². The summed E-state index contributed by atoms with van der Waals surface area (Å²) in [7, 11) is -2.56. The third kappa shape index (κ3) is 6.00. The Kier molecular flexibility index (Phi) is 7.89. The van der Waals surface area contributed by atoms with Crippen LogP contribution in [0.4, 0.5) is 5.69 Å². The van der Waals surface area contributed by atoms with E-state index >= 15 is 0 Å². The van der Waals surface area contributed by atoms with Crippen molar-refractivity contribution in [2.24, 2.45) is 0 Å². The molecule has 3 aromatic rings. The predicted octanol–water partition coefficient (Wildman–Crippen LogP) is 4.49. The van der Waals surface area contributed by atoms with Crippen LogP contribution in [0.2, 0.25) is 0 Å². The molecule has 6 nitrogen and oxygen atoms in total. The first kappa shape index (κ1) is 24.5. The van der Waals surface area contributed by atoms with E-state index in [1.54, 1.807) is 18.2 Å². The fourth-order valence-corrected chi connectivity index (χ4v) is 5.30. The van der Waals surface area contributed by atoms with Crippen molar-refractivity contribution < 1.29 is 17.9 Å². The van der Waals surface area contributed by atoms with Gasteiger partial charge in [0.1, 0.15) is 10.6 Å². The normalized spacial score (nSPS) is 11.4. The van der Waals surface area contributed by atoms with Gasteiger partial charge in [0, 0.05) is 12.2 Å². The highest BCUT2D eigenvalue weighted by Crippen LogP contribution is 2.28. The molecule has 0 aliphatic carbocycles. The second kappa shape index (κ2) is 10.6. The van der Waals surface area contributed by atoms with Crippen molar-refractivity contribution in [3.63, 3.8) is 0 Å². The smallest absolute Gasteiger partial charge is 0.247 e. The summed E-state index contributed by atoms with van der Waals surface area (Å²) in [5.41, 5.74) is 4.32. The molecule has 0 unspecified atom stereocenters. The van der Waals surface area contributed by atoms with Crippen LogP contribution in [0.3, 0.4) is 0 Å². The molecule has 0 aliphatic rings. The average molecular weight is 467 g/mol. The first-order valence-electron chi connectivity index (χ1n) is 10.8. The number of anilines is 1. The molecule has 1 N–H and O–H groups in total. The first-order valence-corrected chi connectivity index (χ1v) is 12.2. The number of methoxy groups -OCH3 is 1. The number of rotatable bonds is 9. The van der Waals surface area contributed by atoms with Gasteiger partial charge in [0.05, 0.1) is 13.7 Å². The van der Waals surface area contributed by atoms with Gasteiger partial charge in [0.25, 0.3) is 0 Å². The molecule has 1 amide bonds. The van der Waals surface area contributed by atoms with E-state index < -0.39 is 15.9 Å². The van der Waals surface area contributed by atoms with Crippen molar-refractivity contribution in [1.82, 2.24) is 4.31 Å². The molecule has 0 saturated heterocycles. The highest BCUT2D eigenvalue weighted by molar-refractivity contribution is 7.89. The lowest BCUT2D eigenvalue weighted by Crippen LogP contribution is -2.39. The number of carbonyl (C=O) groups is 1. The summed E-state index contributed by atoms with van der Waals surface area (Å²) in [6, 6.07) is 20.3. The predicted molar refractivity (Wildman–Crippen MR) is 131 cm³/mol. The highest BCUT2D eigenvalue weighted by Gasteiger charge is 2.29. The lowest BCUT2D eigenvalue weighted by molar-refractivity contribution is -0.116. The van der Waals surface area contributed by atoms with Gasteiger partial charge >= 0.3 is 0 Å². The highest BCUT2D eigenvalue weighted by atomic mass is 32.2. The summed E-state index contributed by atoms with van der Waals surface area (Å²) in [4.78, 5) is 13.0. The second-order valence-electron chi connectivity index (χ2n) is 8.04. The van der Waals surface area contributed by atoms with E-state index in [2.05, 4.69) is 5.32 Å². The number of sulfonamides is 1. The Labute approximate surface area is 196 Å². The zero-order chi connectivity index (χ0) is 24.0. The van der Waals surface area contributed by atoms with Crippen LogP contribution in [-0.2, 0) is 21.2 Å². The molecule has 33 heavy (non-hydrogen) atoms. The largest absolute Gasteiger partial charge is 0.495 e. The number of hydrogen-bond donors (Lipinski definition) is 1. The molecule has 0 fully saturated rings. The Morgan fingerprint density at radius 2 is 1.61 bits per heavy atom. The fourth-order valence-electron chi connectivity index (χ4n) is 3.66.